The lowest BCUT2D eigenvalue weighted by Crippen LogP contribution is -2.21. The van der Waals surface area contributed by atoms with Gasteiger partial charge in [0.05, 0.1) is 6.33 Å². The Balaban J connectivity index is 2.10. The maximum Gasteiger partial charge on any atom is 0.334 e. The lowest BCUT2D eigenvalue weighted by molar-refractivity contribution is -0.137. The number of aryl methyl sites for hydroxylation is 1. The van der Waals surface area contributed by atoms with E-state index in [4.69, 9.17) is 4.74 Å². The number of carbonyl (C=O) groups excluding carboxylic acids is 1. The monoisotopic (exact) mass is 230 g/mol. The molecule has 0 saturated heterocycles. The van der Waals surface area contributed by atoms with Crippen LogP contribution in [-0.4, -0.2) is 15.5 Å². The molecule has 1 unspecified atom stereocenters. The van der Waals surface area contributed by atoms with Crippen molar-refractivity contribution in [2.45, 2.75) is 19.9 Å². The molecule has 2 rings (SSSR count). The highest BCUT2D eigenvalue weighted by atomic mass is 16.5. The minimum absolute atomic E-state index is 0.294. The Labute approximate surface area is 99.9 Å². The van der Waals surface area contributed by atoms with Crippen molar-refractivity contribution in [1.29, 1.82) is 0 Å². The zero-order valence-corrected chi connectivity index (χ0v) is 9.83. The SMILES string of the molecule is Cc1ccccc1OC(=O)C(C)n1ccnc1. The molecule has 0 bridgehead atoms. The molecule has 0 N–H and O–H groups in total. The maximum absolute atomic E-state index is 11.9. The first-order valence-electron chi connectivity index (χ1n) is 5.43. The summed E-state index contributed by atoms with van der Waals surface area (Å²) in [7, 11) is 0. The number of aromatic nitrogens is 2. The molecule has 0 saturated carbocycles. The molecule has 0 aliphatic rings. The summed E-state index contributed by atoms with van der Waals surface area (Å²) >= 11 is 0. The third-order valence-corrected chi connectivity index (χ3v) is 2.62. The summed E-state index contributed by atoms with van der Waals surface area (Å²) in [6, 6.07) is 7.07. The van der Waals surface area contributed by atoms with Gasteiger partial charge in [-0.1, -0.05) is 18.2 Å². The number of rotatable bonds is 3. The van der Waals surface area contributed by atoms with Crippen molar-refractivity contribution < 1.29 is 9.53 Å². The van der Waals surface area contributed by atoms with Crippen LogP contribution < -0.4 is 4.74 Å². The lowest BCUT2D eigenvalue weighted by Gasteiger charge is -2.13. The van der Waals surface area contributed by atoms with Gasteiger partial charge in [-0.25, -0.2) is 9.78 Å². The van der Waals surface area contributed by atoms with E-state index in [-0.39, 0.29) is 12.0 Å². The van der Waals surface area contributed by atoms with E-state index in [2.05, 4.69) is 4.98 Å². The van der Waals surface area contributed by atoms with Crippen molar-refractivity contribution in [2.24, 2.45) is 0 Å². The quantitative estimate of drug-likeness (QED) is 0.600. The Morgan fingerprint density at radius 3 is 2.82 bits per heavy atom. The standard InChI is InChI=1S/C13H14N2O2/c1-10-5-3-4-6-12(10)17-13(16)11(2)15-8-7-14-9-15/h3-9,11H,1-2H3. The molecule has 0 aliphatic carbocycles. The van der Waals surface area contributed by atoms with Gasteiger partial charge in [0.15, 0.2) is 0 Å². The van der Waals surface area contributed by atoms with Crippen molar-refractivity contribution >= 4 is 5.97 Å². The van der Waals surface area contributed by atoms with Crippen LogP contribution in [0.2, 0.25) is 0 Å². The van der Waals surface area contributed by atoms with Crippen LogP contribution in [0.4, 0.5) is 0 Å². The summed E-state index contributed by atoms with van der Waals surface area (Å²) < 4.78 is 7.05. The van der Waals surface area contributed by atoms with Crippen LogP contribution in [0, 0.1) is 6.92 Å². The fraction of sp³-hybridized carbons (Fsp3) is 0.231. The Hall–Kier alpha value is -2.10. The van der Waals surface area contributed by atoms with E-state index >= 15 is 0 Å². The average Bonchev–Trinajstić information content (AvgIpc) is 2.84. The summed E-state index contributed by atoms with van der Waals surface area (Å²) in [6.45, 7) is 3.69. The van der Waals surface area contributed by atoms with Crippen LogP contribution in [0.3, 0.4) is 0 Å². The molecule has 4 heteroatoms. The number of benzene rings is 1. The molecule has 1 aromatic heterocycles. The topological polar surface area (TPSA) is 44.1 Å². The molecule has 1 aromatic carbocycles. The fourth-order valence-corrected chi connectivity index (χ4v) is 1.48. The molecule has 1 heterocycles. The molecule has 0 aliphatic heterocycles. The van der Waals surface area contributed by atoms with Crippen LogP contribution in [0.5, 0.6) is 5.75 Å². The number of ether oxygens (including phenoxy) is 1. The van der Waals surface area contributed by atoms with Crippen LogP contribution >= 0.6 is 0 Å². The minimum atomic E-state index is -0.378. The third kappa shape index (κ3) is 2.53. The Morgan fingerprint density at radius 1 is 1.41 bits per heavy atom. The number of hydrogen-bond donors (Lipinski definition) is 0. The second-order valence-corrected chi connectivity index (χ2v) is 3.87. The summed E-state index contributed by atoms with van der Waals surface area (Å²) in [5.74, 6) is 0.307. The molecule has 4 nitrogen and oxygen atoms in total. The molecule has 0 fully saturated rings. The van der Waals surface area contributed by atoms with Gasteiger partial charge in [-0.3, -0.25) is 0 Å². The van der Waals surface area contributed by atoms with E-state index in [0.717, 1.165) is 5.56 Å². The van der Waals surface area contributed by atoms with Gasteiger partial charge < -0.3 is 9.30 Å². The van der Waals surface area contributed by atoms with E-state index in [1.54, 1.807) is 36.3 Å². The lowest BCUT2D eigenvalue weighted by atomic mass is 10.2. The fourth-order valence-electron chi connectivity index (χ4n) is 1.48. The van der Waals surface area contributed by atoms with Gasteiger partial charge in [-0.2, -0.15) is 0 Å². The van der Waals surface area contributed by atoms with Crippen LogP contribution in [-0.2, 0) is 4.79 Å². The van der Waals surface area contributed by atoms with E-state index < -0.39 is 0 Å². The van der Waals surface area contributed by atoms with E-state index in [9.17, 15) is 4.79 Å². The summed E-state index contributed by atoms with van der Waals surface area (Å²) in [5.41, 5.74) is 0.943. The molecule has 17 heavy (non-hydrogen) atoms. The van der Waals surface area contributed by atoms with Gasteiger partial charge >= 0.3 is 5.97 Å². The maximum atomic E-state index is 11.9. The Kier molecular flexibility index (Phi) is 3.23. The summed E-state index contributed by atoms with van der Waals surface area (Å²) in [4.78, 5) is 15.8. The second kappa shape index (κ2) is 4.82. The van der Waals surface area contributed by atoms with Crippen molar-refractivity contribution in [3.63, 3.8) is 0 Å². The van der Waals surface area contributed by atoms with Crippen molar-refractivity contribution in [3.8, 4) is 5.75 Å². The van der Waals surface area contributed by atoms with E-state index in [0.29, 0.717) is 5.75 Å². The number of imidazole rings is 1. The van der Waals surface area contributed by atoms with Gasteiger partial charge in [0, 0.05) is 12.4 Å². The zero-order chi connectivity index (χ0) is 12.3. The van der Waals surface area contributed by atoms with Crippen LogP contribution in [0.15, 0.2) is 43.0 Å². The predicted octanol–water partition coefficient (Wildman–Crippen LogP) is 2.36. The zero-order valence-electron chi connectivity index (χ0n) is 9.83. The highest BCUT2D eigenvalue weighted by Crippen LogP contribution is 2.18. The van der Waals surface area contributed by atoms with Crippen molar-refractivity contribution in [2.75, 3.05) is 0 Å². The molecular weight excluding hydrogens is 216 g/mol. The number of esters is 1. The largest absolute Gasteiger partial charge is 0.425 e. The van der Waals surface area contributed by atoms with Crippen molar-refractivity contribution in [3.05, 3.63) is 48.5 Å². The molecule has 0 amide bonds. The molecule has 88 valence electrons. The number of nitrogens with zero attached hydrogens (tertiary/aromatic N) is 2. The molecule has 2 aromatic rings. The molecular formula is C13H14N2O2. The van der Waals surface area contributed by atoms with Gasteiger partial charge in [0.25, 0.3) is 0 Å². The highest BCUT2D eigenvalue weighted by Gasteiger charge is 2.17. The predicted molar refractivity (Wildman–Crippen MR) is 63.8 cm³/mol. The average molecular weight is 230 g/mol. The Bertz CT molecular complexity index is 506. The summed E-state index contributed by atoms with van der Waals surface area (Å²) in [6.07, 6.45) is 4.98. The molecule has 0 spiro atoms. The first kappa shape index (κ1) is 11.4. The third-order valence-electron chi connectivity index (χ3n) is 2.62. The van der Waals surface area contributed by atoms with Gasteiger partial charge in [0.1, 0.15) is 11.8 Å². The van der Waals surface area contributed by atoms with Crippen LogP contribution in [0.1, 0.15) is 18.5 Å². The Morgan fingerprint density at radius 2 is 2.18 bits per heavy atom. The van der Waals surface area contributed by atoms with E-state index in [1.807, 2.05) is 25.1 Å². The van der Waals surface area contributed by atoms with Gasteiger partial charge in [-0.15, -0.1) is 0 Å². The van der Waals surface area contributed by atoms with Crippen LogP contribution in [0.25, 0.3) is 0 Å². The second-order valence-electron chi connectivity index (χ2n) is 3.87. The molecule has 1 atom stereocenters. The summed E-state index contributed by atoms with van der Waals surface area (Å²) in [5, 5.41) is 0. The minimum Gasteiger partial charge on any atom is -0.425 e. The van der Waals surface area contributed by atoms with Gasteiger partial charge in [0.2, 0.25) is 0 Å². The van der Waals surface area contributed by atoms with E-state index in [1.165, 1.54) is 0 Å². The number of hydrogen-bond acceptors (Lipinski definition) is 3. The molecule has 0 radical (unpaired) electrons. The number of carbonyl (C=O) groups is 1. The smallest absolute Gasteiger partial charge is 0.334 e. The first-order chi connectivity index (χ1) is 8.18. The first-order valence-corrected chi connectivity index (χ1v) is 5.43. The highest BCUT2D eigenvalue weighted by molar-refractivity contribution is 5.76. The normalized spacial score (nSPS) is 12.1. The number of para-hydroxylation sites is 1. The van der Waals surface area contributed by atoms with Crippen molar-refractivity contribution in [1.82, 2.24) is 9.55 Å². The van der Waals surface area contributed by atoms with Gasteiger partial charge in [-0.05, 0) is 25.5 Å².